The number of carbonyl (C=O) groups is 1. The molecule has 1 N–H and O–H groups in total. The van der Waals surface area contributed by atoms with Gasteiger partial charge in [0, 0.05) is 36.3 Å². The van der Waals surface area contributed by atoms with Gasteiger partial charge in [-0.25, -0.2) is 0 Å². The third-order valence-electron chi connectivity index (χ3n) is 5.06. The number of carbonyl (C=O) groups excluding carboxylic acids is 1. The molecule has 2 aromatic carbocycles. The molecule has 132 valence electrons. The van der Waals surface area contributed by atoms with Gasteiger partial charge in [0.2, 0.25) is 0 Å². The van der Waals surface area contributed by atoms with Crippen LogP contribution in [0.2, 0.25) is 0 Å². The summed E-state index contributed by atoms with van der Waals surface area (Å²) in [7, 11) is 1.85. The minimum absolute atomic E-state index is 0.118. The molecule has 0 saturated heterocycles. The third kappa shape index (κ3) is 2.75. The average molecular weight is 346 g/mol. The maximum absolute atomic E-state index is 12.6. The van der Waals surface area contributed by atoms with Gasteiger partial charge in [0.25, 0.3) is 5.91 Å². The van der Waals surface area contributed by atoms with Crippen LogP contribution in [0.25, 0.3) is 0 Å². The first-order valence-electron chi connectivity index (χ1n) is 8.81. The summed E-state index contributed by atoms with van der Waals surface area (Å²) in [5.74, 6) is -0.118. The van der Waals surface area contributed by atoms with Crippen LogP contribution in [0.15, 0.2) is 48.5 Å². The molecule has 0 aliphatic carbocycles. The van der Waals surface area contributed by atoms with Crippen molar-refractivity contribution in [1.29, 1.82) is 0 Å². The molecule has 0 atom stereocenters. The van der Waals surface area contributed by atoms with Crippen LogP contribution in [0, 0.1) is 13.8 Å². The number of hydrogen-bond donors (Lipinski definition) is 1. The number of anilines is 3. The minimum atomic E-state index is -0.118. The predicted molar refractivity (Wildman–Crippen MR) is 104 cm³/mol. The van der Waals surface area contributed by atoms with E-state index in [0.29, 0.717) is 5.56 Å². The number of amides is 1. The summed E-state index contributed by atoms with van der Waals surface area (Å²) >= 11 is 0. The van der Waals surface area contributed by atoms with Crippen LogP contribution < -0.4 is 10.2 Å². The van der Waals surface area contributed by atoms with Crippen LogP contribution in [-0.4, -0.2) is 22.2 Å². The summed E-state index contributed by atoms with van der Waals surface area (Å²) < 4.78 is 1.73. The molecule has 1 aliphatic rings. The molecule has 5 heteroatoms. The molecule has 1 aromatic heterocycles. The Morgan fingerprint density at radius 3 is 2.50 bits per heavy atom. The van der Waals surface area contributed by atoms with Gasteiger partial charge < -0.3 is 10.2 Å². The summed E-state index contributed by atoms with van der Waals surface area (Å²) in [6.07, 6.45) is 1.06. The molecule has 3 aromatic rings. The second-order valence-corrected chi connectivity index (χ2v) is 6.70. The van der Waals surface area contributed by atoms with Crippen LogP contribution in [0.5, 0.6) is 0 Å². The molecule has 0 unspecified atom stereocenters. The minimum Gasteiger partial charge on any atom is -0.341 e. The first-order chi connectivity index (χ1) is 12.5. The van der Waals surface area contributed by atoms with E-state index in [-0.39, 0.29) is 5.91 Å². The van der Waals surface area contributed by atoms with Crippen molar-refractivity contribution in [3.8, 4) is 0 Å². The van der Waals surface area contributed by atoms with Crippen molar-refractivity contribution in [1.82, 2.24) is 9.78 Å². The van der Waals surface area contributed by atoms with Crippen LogP contribution in [0.4, 0.5) is 17.1 Å². The Morgan fingerprint density at radius 2 is 1.81 bits per heavy atom. The van der Waals surface area contributed by atoms with Gasteiger partial charge in [0.15, 0.2) is 0 Å². The van der Waals surface area contributed by atoms with Gasteiger partial charge in [-0.2, -0.15) is 5.10 Å². The summed E-state index contributed by atoms with van der Waals surface area (Å²) in [6.45, 7) is 4.75. The fourth-order valence-corrected chi connectivity index (χ4v) is 3.63. The van der Waals surface area contributed by atoms with Crippen LogP contribution >= 0.6 is 0 Å². The zero-order valence-corrected chi connectivity index (χ0v) is 15.3. The quantitative estimate of drug-likeness (QED) is 0.780. The monoisotopic (exact) mass is 346 g/mol. The van der Waals surface area contributed by atoms with Crippen molar-refractivity contribution in [2.75, 3.05) is 16.8 Å². The number of aryl methyl sites for hydroxylation is 2. The molecule has 1 aliphatic heterocycles. The van der Waals surface area contributed by atoms with Gasteiger partial charge in [-0.05, 0) is 56.2 Å². The number of aromatic nitrogens is 2. The molecular formula is C21H22N4O. The van der Waals surface area contributed by atoms with E-state index in [4.69, 9.17) is 0 Å². The Balaban J connectivity index is 1.53. The molecular weight excluding hydrogens is 324 g/mol. The first kappa shape index (κ1) is 16.4. The summed E-state index contributed by atoms with van der Waals surface area (Å²) in [5.41, 5.74) is 6.83. The third-order valence-corrected chi connectivity index (χ3v) is 5.06. The fraction of sp³-hybridized carbons (Fsp3) is 0.238. The fourth-order valence-electron chi connectivity index (χ4n) is 3.63. The molecule has 0 fully saturated rings. The molecule has 1 amide bonds. The van der Waals surface area contributed by atoms with Gasteiger partial charge in [-0.3, -0.25) is 9.48 Å². The highest BCUT2D eigenvalue weighted by atomic mass is 16.1. The molecule has 0 spiro atoms. The maximum Gasteiger partial charge on any atom is 0.259 e. The van der Waals surface area contributed by atoms with E-state index in [1.165, 1.54) is 11.3 Å². The lowest BCUT2D eigenvalue weighted by Crippen LogP contribution is -2.15. The van der Waals surface area contributed by atoms with Crippen molar-refractivity contribution in [3.63, 3.8) is 0 Å². The van der Waals surface area contributed by atoms with E-state index in [2.05, 4.69) is 51.7 Å². The Kier molecular flexibility index (Phi) is 3.99. The Bertz CT molecular complexity index is 972. The highest BCUT2D eigenvalue weighted by Gasteiger charge is 2.20. The Hall–Kier alpha value is -3.08. The summed E-state index contributed by atoms with van der Waals surface area (Å²) in [4.78, 5) is 14.9. The molecule has 4 rings (SSSR count). The molecule has 0 bridgehead atoms. The van der Waals surface area contributed by atoms with Crippen LogP contribution in [0.3, 0.4) is 0 Å². The first-order valence-corrected chi connectivity index (χ1v) is 8.81. The second kappa shape index (κ2) is 6.33. The van der Waals surface area contributed by atoms with Gasteiger partial charge in [-0.1, -0.05) is 18.2 Å². The van der Waals surface area contributed by atoms with Crippen molar-refractivity contribution < 1.29 is 4.79 Å². The van der Waals surface area contributed by atoms with Crippen molar-refractivity contribution in [2.45, 2.75) is 20.3 Å². The standard InChI is InChI=1S/C21H22N4O/c1-14-20(15(2)24(3)23-14)21(26)22-17-8-10-18(11-9-17)25-13-12-16-6-4-5-7-19(16)25/h4-11H,12-13H2,1-3H3,(H,22,26). The largest absolute Gasteiger partial charge is 0.341 e. The highest BCUT2D eigenvalue weighted by molar-refractivity contribution is 6.05. The number of rotatable bonds is 3. The zero-order chi connectivity index (χ0) is 18.3. The molecule has 0 radical (unpaired) electrons. The number of hydrogen-bond acceptors (Lipinski definition) is 3. The number of nitrogens with zero attached hydrogens (tertiary/aromatic N) is 3. The Labute approximate surface area is 153 Å². The Morgan fingerprint density at radius 1 is 1.08 bits per heavy atom. The van der Waals surface area contributed by atoms with Gasteiger partial charge in [-0.15, -0.1) is 0 Å². The topological polar surface area (TPSA) is 50.2 Å². The van der Waals surface area contributed by atoms with Crippen molar-refractivity contribution in [3.05, 3.63) is 71.0 Å². The smallest absolute Gasteiger partial charge is 0.259 e. The molecule has 0 saturated carbocycles. The predicted octanol–water partition coefficient (Wildman–Crippen LogP) is 3.98. The highest BCUT2D eigenvalue weighted by Crippen LogP contribution is 2.34. The lowest BCUT2D eigenvalue weighted by molar-refractivity contribution is 0.102. The van der Waals surface area contributed by atoms with E-state index in [1.807, 2.05) is 33.0 Å². The van der Waals surface area contributed by atoms with Gasteiger partial charge in [0.1, 0.15) is 0 Å². The molecule has 5 nitrogen and oxygen atoms in total. The van der Waals surface area contributed by atoms with Crippen LogP contribution in [0.1, 0.15) is 27.3 Å². The SMILES string of the molecule is Cc1nn(C)c(C)c1C(=O)Nc1ccc(N2CCc3ccccc32)cc1. The zero-order valence-electron chi connectivity index (χ0n) is 15.3. The van der Waals surface area contributed by atoms with E-state index >= 15 is 0 Å². The number of nitrogens with one attached hydrogen (secondary N) is 1. The van der Waals surface area contributed by atoms with Gasteiger partial charge >= 0.3 is 0 Å². The van der Waals surface area contributed by atoms with Crippen molar-refractivity contribution in [2.24, 2.45) is 7.05 Å². The second-order valence-electron chi connectivity index (χ2n) is 6.70. The molecule has 26 heavy (non-hydrogen) atoms. The van der Waals surface area contributed by atoms with Crippen LogP contribution in [-0.2, 0) is 13.5 Å². The number of para-hydroxylation sites is 1. The van der Waals surface area contributed by atoms with Crippen molar-refractivity contribution >= 4 is 23.0 Å². The van der Waals surface area contributed by atoms with E-state index < -0.39 is 0 Å². The average Bonchev–Trinajstić information content (AvgIpc) is 3.16. The number of benzene rings is 2. The maximum atomic E-state index is 12.6. The lowest BCUT2D eigenvalue weighted by atomic mass is 10.1. The summed E-state index contributed by atoms with van der Waals surface area (Å²) in [5, 5.41) is 7.29. The normalized spacial score (nSPS) is 13.0. The lowest BCUT2D eigenvalue weighted by Gasteiger charge is -2.20. The summed E-state index contributed by atoms with van der Waals surface area (Å²) in [6, 6.07) is 16.5. The van der Waals surface area contributed by atoms with Gasteiger partial charge in [0.05, 0.1) is 11.3 Å². The number of fused-ring (bicyclic) bond motifs is 1. The van der Waals surface area contributed by atoms with E-state index in [9.17, 15) is 4.79 Å². The van der Waals surface area contributed by atoms with E-state index in [0.717, 1.165) is 35.7 Å². The van der Waals surface area contributed by atoms with E-state index in [1.54, 1.807) is 4.68 Å². The molecule has 2 heterocycles.